The van der Waals surface area contributed by atoms with E-state index >= 15 is 0 Å². The third-order valence-corrected chi connectivity index (χ3v) is 1.35. The van der Waals surface area contributed by atoms with Crippen LogP contribution in [0.4, 0.5) is 15.9 Å². The van der Waals surface area contributed by atoms with E-state index in [4.69, 9.17) is 5.73 Å². The fraction of sp³-hybridized carbons (Fsp3) is 0.400. The highest BCUT2D eigenvalue weighted by atomic mass is 19.1. The number of halogens is 1. The Morgan fingerprint density at radius 3 is 2.92 bits per heavy atom. The van der Waals surface area contributed by atoms with E-state index in [1.807, 2.05) is 0 Å². The van der Waals surface area contributed by atoms with Gasteiger partial charge in [0, 0.05) is 0 Å². The van der Waals surface area contributed by atoms with Gasteiger partial charge < -0.3 is 5.73 Å². The molecule has 1 rings (SSSR count). The van der Waals surface area contributed by atoms with E-state index in [-0.39, 0.29) is 18.1 Å². The number of alkyl halides is 1. The predicted molar refractivity (Wildman–Crippen MR) is 39.3 cm³/mol. The topological polar surface area (TPSA) is 87.0 Å². The van der Waals surface area contributed by atoms with Gasteiger partial charge in [0.25, 0.3) is 0 Å². The molecule has 0 atom stereocenters. The summed E-state index contributed by atoms with van der Waals surface area (Å²) in [6, 6.07) is 0. The summed E-state index contributed by atoms with van der Waals surface area (Å²) in [6.45, 7) is -0.706. The van der Waals surface area contributed by atoms with E-state index in [1.54, 1.807) is 0 Å². The first-order chi connectivity index (χ1) is 5.66. The van der Waals surface area contributed by atoms with Crippen molar-refractivity contribution in [3.05, 3.63) is 16.3 Å². The molecule has 66 valence electrons. The zero-order valence-corrected chi connectivity index (χ0v) is 6.11. The molecule has 0 aliphatic rings. The van der Waals surface area contributed by atoms with Gasteiger partial charge in [-0.15, -0.1) is 0 Å². The van der Waals surface area contributed by atoms with Crippen molar-refractivity contribution in [2.45, 2.75) is 6.54 Å². The van der Waals surface area contributed by atoms with Crippen molar-refractivity contribution in [3.8, 4) is 0 Å². The number of rotatable bonds is 3. The molecule has 0 amide bonds. The Hall–Kier alpha value is -1.66. The van der Waals surface area contributed by atoms with Gasteiger partial charge in [-0.2, -0.15) is 5.10 Å². The number of nitro groups is 1. The van der Waals surface area contributed by atoms with Crippen molar-refractivity contribution in [2.24, 2.45) is 0 Å². The molecule has 0 aliphatic heterocycles. The number of hydrogen-bond acceptors (Lipinski definition) is 4. The van der Waals surface area contributed by atoms with Gasteiger partial charge in [-0.1, -0.05) is 0 Å². The Morgan fingerprint density at radius 1 is 1.83 bits per heavy atom. The van der Waals surface area contributed by atoms with Gasteiger partial charge in [-0.25, -0.2) is 9.07 Å². The predicted octanol–water partition coefficient (Wildman–Crippen LogP) is 0.343. The molecule has 7 heteroatoms. The van der Waals surface area contributed by atoms with Crippen molar-refractivity contribution in [3.63, 3.8) is 0 Å². The lowest BCUT2D eigenvalue weighted by Gasteiger charge is -1.96. The van der Waals surface area contributed by atoms with Crippen LogP contribution in [0.3, 0.4) is 0 Å². The molecule has 1 aromatic heterocycles. The van der Waals surface area contributed by atoms with Crippen LogP contribution in [0.2, 0.25) is 0 Å². The van der Waals surface area contributed by atoms with Crippen molar-refractivity contribution in [2.75, 3.05) is 12.4 Å². The van der Waals surface area contributed by atoms with Crippen LogP contribution >= 0.6 is 0 Å². The molecule has 0 fully saturated rings. The molecule has 0 saturated heterocycles. The van der Waals surface area contributed by atoms with Crippen LogP contribution in [0, 0.1) is 10.1 Å². The molecule has 1 aromatic rings. The van der Waals surface area contributed by atoms with Gasteiger partial charge in [0.05, 0.1) is 11.5 Å². The second-order valence-corrected chi connectivity index (χ2v) is 2.08. The monoisotopic (exact) mass is 174 g/mol. The number of aryl methyl sites for hydroxylation is 1. The van der Waals surface area contributed by atoms with Crippen LogP contribution in [0.1, 0.15) is 0 Å². The lowest BCUT2D eigenvalue weighted by molar-refractivity contribution is -0.384. The Balaban J connectivity index is 2.96. The van der Waals surface area contributed by atoms with E-state index in [0.717, 1.165) is 10.9 Å². The molecular weight excluding hydrogens is 167 g/mol. The van der Waals surface area contributed by atoms with Crippen molar-refractivity contribution >= 4 is 11.5 Å². The quantitative estimate of drug-likeness (QED) is 0.528. The Labute approximate surface area is 66.9 Å². The third-order valence-electron chi connectivity index (χ3n) is 1.35. The maximum atomic E-state index is 11.8. The third kappa shape index (κ3) is 1.34. The number of nitrogens with two attached hydrogens (primary N) is 1. The largest absolute Gasteiger partial charge is 0.378 e. The zero-order valence-electron chi connectivity index (χ0n) is 6.11. The first-order valence-corrected chi connectivity index (χ1v) is 3.18. The standard InChI is InChI=1S/C5H7FN4O2/c6-1-2-9-5(7)4(3-8-9)10(11)12/h3H,1-2,7H2. The number of nitrogens with zero attached hydrogens (tertiary/aromatic N) is 3. The maximum Gasteiger partial charge on any atom is 0.330 e. The molecule has 1 heterocycles. The van der Waals surface area contributed by atoms with Crippen LogP contribution in [0.15, 0.2) is 6.20 Å². The summed E-state index contributed by atoms with van der Waals surface area (Å²) in [5.74, 6) is -0.113. The minimum Gasteiger partial charge on any atom is -0.378 e. The average Bonchev–Trinajstić information content (AvgIpc) is 2.34. The van der Waals surface area contributed by atoms with E-state index in [1.165, 1.54) is 0 Å². The summed E-state index contributed by atoms with van der Waals surface area (Å²) in [5, 5.41) is 13.8. The van der Waals surface area contributed by atoms with Crippen molar-refractivity contribution < 1.29 is 9.31 Å². The normalized spacial score (nSPS) is 10.1. The summed E-state index contributed by atoms with van der Waals surface area (Å²) in [7, 11) is 0. The molecule has 2 N–H and O–H groups in total. The maximum absolute atomic E-state index is 11.8. The molecule has 0 saturated carbocycles. The van der Waals surface area contributed by atoms with Gasteiger partial charge in [-0.05, 0) is 0 Å². The van der Waals surface area contributed by atoms with Crippen molar-refractivity contribution in [1.29, 1.82) is 0 Å². The van der Waals surface area contributed by atoms with Gasteiger partial charge in [0.15, 0.2) is 0 Å². The lowest BCUT2D eigenvalue weighted by Crippen LogP contribution is -2.06. The molecule has 0 aliphatic carbocycles. The number of hydrogen-bond donors (Lipinski definition) is 1. The molecule has 0 radical (unpaired) electrons. The second kappa shape index (κ2) is 3.16. The minimum atomic E-state index is -0.656. The van der Waals surface area contributed by atoms with Gasteiger partial charge in [0.2, 0.25) is 5.82 Å². The van der Waals surface area contributed by atoms with Crippen molar-refractivity contribution in [1.82, 2.24) is 9.78 Å². The Morgan fingerprint density at radius 2 is 2.50 bits per heavy atom. The van der Waals surface area contributed by atoms with E-state index in [0.29, 0.717) is 0 Å². The van der Waals surface area contributed by atoms with E-state index in [2.05, 4.69) is 5.10 Å². The molecule has 0 spiro atoms. The average molecular weight is 174 g/mol. The highest BCUT2D eigenvalue weighted by Gasteiger charge is 2.16. The van der Waals surface area contributed by atoms with Gasteiger partial charge in [-0.3, -0.25) is 10.1 Å². The second-order valence-electron chi connectivity index (χ2n) is 2.08. The SMILES string of the molecule is Nc1c([N+](=O)[O-])cnn1CCF. The zero-order chi connectivity index (χ0) is 9.14. The summed E-state index contributed by atoms with van der Waals surface area (Å²) in [6.07, 6.45) is 1.00. The fourth-order valence-electron chi connectivity index (χ4n) is 0.784. The lowest BCUT2D eigenvalue weighted by atomic mass is 10.5. The molecule has 0 aromatic carbocycles. The molecule has 6 nitrogen and oxygen atoms in total. The smallest absolute Gasteiger partial charge is 0.330 e. The van der Waals surface area contributed by atoms with Gasteiger partial charge >= 0.3 is 5.69 Å². The highest BCUT2D eigenvalue weighted by molar-refractivity contribution is 5.51. The van der Waals surface area contributed by atoms with Crippen LogP contribution in [-0.4, -0.2) is 21.4 Å². The highest BCUT2D eigenvalue weighted by Crippen LogP contribution is 2.19. The van der Waals surface area contributed by atoms with Crippen LogP contribution in [-0.2, 0) is 6.54 Å². The molecule has 12 heavy (non-hydrogen) atoms. The summed E-state index contributed by atoms with van der Waals surface area (Å²) < 4.78 is 12.8. The fourth-order valence-corrected chi connectivity index (χ4v) is 0.784. The van der Waals surface area contributed by atoms with Gasteiger partial charge in [0.1, 0.15) is 12.9 Å². The Bertz CT molecular complexity index is 298. The molecule has 0 unspecified atom stereocenters. The summed E-state index contributed by atoms with van der Waals surface area (Å²) in [5.41, 5.74) is 4.99. The van der Waals surface area contributed by atoms with Crippen LogP contribution in [0.5, 0.6) is 0 Å². The first kappa shape index (κ1) is 8.44. The van der Waals surface area contributed by atoms with Crippen LogP contribution in [0.25, 0.3) is 0 Å². The minimum absolute atomic E-state index is 0.0559. The summed E-state index contributed by atoms with van der Waals surface area (Å²) >= 11 is 0. The molecule has 0 bridgehead atoms. The Kier molecular flexibility index (Phi) is 2.22. The van der Waals surface area contributed by atoms with E-state index < -0.39 is 11.6 Å². The van der Waals surface area contributed by atoms with Crippen LogP contribution < -0.4 is 5.73 Å². The summed E-state index contributed by atoms with van der Waals surface area (Å²) in [4.78, 5) is 9.56. The number of anilines is 1. The number of aromatic nitrogens is 2. The van der Waals surface area contributed by atoms with E-state index in [9.17, 15) is 14.5 Å². The molecular formula is C5H7FN4O2. The number of nitrogen functional groups attached to an aromatic ring is 1. The first-order valence-electron chi connectivity index (χ1n) is 3.18.